The minimum absolute atomic E-state index is 0.0729. The van der Waals surface area contributed by atoms with Crippen molar-refractivity contribution in [1.29, 1.82) is 0 Å². The van der Waals surface area contributed by atoms with Crippen LogP contribution in [0.4, 0.5) is 0 Å². The average molecular weight is 318 g/mol. The van der Waals surface area contributed by atoms with Crippen LogP contribution in [0, 0.1) is 0 Å². The van der Waals surface area contributed by atoms with Crippen LogP contribution in [0.2, 0.25) is 0 Å². The lowest BCUT2D eigenvalue weighted by molar-refractivity contribution is -0.136. The van der Waals surface area contributed by atoms with Crippen LogP contribution in [0.15, 0.2) is 36.4 Å². The molecule has 0 radical (unpaired) electrons. The minimum atomic E-state index is -1.13. The van der Waals surface area contributed by atoms with Crippen LogP contribution >= 0.6 is 0 Å². The summed E-state index contributed by atoms with van der Waals surface area (Å²) < 4.78 is 5.05. The van der Waals surface area contributed by atoms with E-state index >= 15 is 0 Å². The highest BCUT2D eigenvalue weighted by Crippen LogP contribution is 2.25. The average Bonchev–Trinajstić information content (AvgIpc) is 2.46. The zero-order valence-corrected chi connectivity index (χ0v) is 11.9. The van der Waals surface area contributed by atoms with Crippen LogP contribution in [0.1, 0.15) is 11.1 Å². The van der Waals surface area contributed by atoms with Gasteiger partial charge in [-0.15, -0.1) is 0 Å². The zero-order chi connectivity index (χ0) is 17.0. The number of phenols is 3. The molecule has 23 heavy (non-hydrogen) atoms. The summed E-state index contributed by atoms with van der Waals surface area (Å²) in [5, 5.41) is 37.3. The van der Waals surface area contributed by atoms with Crippen LogP contribution in [0.5, 0.6) is 23.0 Å². The van der Waals surface area contributed by atoms with E-state index in [-0.39, 0.29) is 40.5 Å². The van der Waals surface area contributed by atoms with Gasteiger partial charge in [0.2, 0.25) is 0 Å². The van der Waals surface area contributed by atoms with Gasteiger partial charge in [-0.25, -0.2) is 0 Å². The largest absolute Gasteiger partial charge is 0.508 e. The number of carbonyl (C=O) groups is 2. The van der Waals surface area contributed by atoms with Gasteiger partial charge in [-0.2, -0.15) is 0 Å². The van der Waals surface area contributed by atoms with Crippen LogP contribution < -0.4 is 4.74 Å². The second-order valence-electron chi connectivity index (χ2n) is 4.82. The predicted octanol–water partition coefficient (Wildman–Crippen LogP) is 1.58. The monoisotopic (exact) mass is 318 g/mol. The molecule has 0 bridgehead atoms. The van der Waals surface area contributed by atoms with Crippen molar-refractivity contribution in [1.82, 2.24) is 0 Å². The van der Waals surface area contributed by atoms with Crippen molar-refractivity contribution in [3.63, 3.8) is 0 Å². The molecule has 0 aliphatic carbocycles. The number of carbonyl (C=O) groups excluding carboxylic acids is 1. The summed E-state index contributed by atoms with van der Waals surface area (Å²) in [6.07, 6.45) is -0.695. The molecule has 0 aromatic heterocycles. The Kier molecular flexibility index (Phi) is 4.70. The SMILES string of the molecule is O=C(O)Cc1cc(OC(=O)Cc2cc(O)ccc2O)ccc1O. The molecule has 7 nitrogen and oxygen atoms in total. The third-order valence-corrected chi connectivity index (χ3v) is 3.02. The second-order valence-corrected chi connectivity index (χ2v) is 4.82. The van der Waals surface area contributed by atoms with Gasteiger partial charge in [0, 0.05) is 11.1 Å². The van der Waals surface area contributed by atoms with Gasteiger partial charge >= 0.3 is 11.9 Å². The van der Waals surface area contributed by atoms with E-state index in [0.29, 0.717) is 0 Å². The van der Waals surface area contributed by atoms with Gasteiger partial charge in [-0.1, -0.05) is 0 Å². The number of phenolic OH excluding ortho intramolecular Hbond substituents is 3. The molecule has 2 rings (SSSR count). The van der Waals surface area contributed by atoms with Crippen molar-refractivity contribution in [2.75, 3.05) is 0 Å². The maximum absolute atomic E-state index is 11.9. The van der Waals surface area contributed by atoms with Crippen LogP contribution in [0.3, 0.4) is 0 Å². The summed E-state index contributed by atoms with van der Waals surface area (Å²) in [6.45, 7) is 0. The number of carboxylic acid groups (broad SMARTS) is 1. The normalized spacial score (nSPS) is 10.3. The van der Waals surface area contributed by atoms with Crippen LogP contribution in [0.25, 0.3) is 0 Å². The standard InChI is InChI=1S/C16H14O7/c17-11-1-3-13(18)9(5-11)8-16(22)23-12-2-4-14(19)10(6-12)7-15(20)21/h1-6,17-19H,7-8H2,(H,20,21). The number of aliphatic carboxylic acids is 1. The molecule has 4 N–H and O–H groups in total. The lowest BCUT2D eigenvalue weighted by Crippen LogP contribution is -2.11. The molecule has 0 unspecified atom stereocenters. The fourth-order valence-corrected chi connectivity index (χ4v) is 1.97. The molecule has 0 fully saturated rings. The Morgan fingerprint density at radius 3 is 2.13 bits per heavy atom. The molecule has 0 saturated carbocycles. The molecule has 2 aromatic carbocycles. The van der Waals surface area contributed by atoms with Crippen molar-refractivity contribution in [3.8, 4) is 23.0 Å². The molecule has 0 atom stereocenters. The van der Waals surface area contributed by atoms with E-state index < -0.39 is 18.4 Å². The maximum atomic E-state index is 11.9. The summed E-state index contributed by atoms with van der Waals surface area (Å²) >= 11 is 0. The number of ether oxygens (including phenoxy) is 1. The number of hydrogen-bond donors (Lipinski definition) is 4. The number of rotatable bonds is 5. The predicted molar refractivity (Wildman–Crippen MR) is 78.6 cm³/mol. The first-order chi connectivity index (χ1) is 10.8. The lowest BCUT2D eigenvalue weighted by Gasteiger charge is -2.08. The fourth-order valence-electron chi connectivity index (χ4n) is 1.97. The zero-order valence-electron chi connectivity index (χ0n) is 11.9. The van der Waals surface area contributed by atoms with Gasteiger partial charge in [-0.05, 0) is 36.4 Å². The number of hydrogen-bond acceptors (Lipinski definition) is 6. The van der Waals surface area contributed by atoms with E-state index in [1.807, 2.05) is 0 Å². The Morgan fingerprint density at radius 2 is 1.48 bits per heavy atom. The summed E-state index contributed by atoms with van der Waals surface area (Å²) in [4.78, 5) is 22.6. The van der Waals surface area contributed by atoms with E-state index in [2.05, 4.69) is 0 Å². The number of aromatic hydroxyl groups is 3. The third kappa shape index (κ3) is 4.37. The number of benzene rings is 2. The summed E-state index contributed by atoms with van der Waals surface area (Å²) in [5.74, 6) is -2.23. The van der Waals surface area contributed by atoms with E-state index in [0.717, 1.165) is 0 Å². The highest BCUT2D eigenvalue weighted by molar-refractivity contribution is 5.77. The van der Waals surface area contributed by atoms with Crippen molar-refractivity contribution < 1.29 is 34.8 Å². The summed E-state index contributed by atoms with van der Waals surface area (Å²) in [5.41, 5.74) is 0.308. The molecule has 0 heterocycles. The van der Waals surface area contributed by atoms with E-state index in [1.165, 1.54) is 36.4 Å². The fraction of sp³-hybridized carbons (Fsp3) is 0.125. The van der Waals surface area contributed by atoms with Gasteiger partial charge in [0.25, 0.3) is 0 Å². The highest BCUT2D eigenvalue weighted by Gasteiger charge is 2.13. The van der Waals surface area contributed by atoms with E-state index in [9.17, 15) is 24.9 Å². The minimum Gasteiger partial charge on any atom is -0.508 e. The van der Waals surface area contributed by atoms with Gasteiger partial charge < -0.3 is 25.2 Å². The Balaban J connectivity index is 2.11. The molecular formula is C16H14O7. The lowest BCUT2D eigenvalue weighted by atomic mass is 10.1. The molecular weight excluding hydrogens is 304 g/mol. The van der Waals surface area contributed by atoms with Gasteiger partial charge in [0.15, 0.2) is 0 Å². The molecule has 0 saturated heterocycles. The van der Waals surface area contributed by atoms with Crippen LogP contribution in [-0.4, -0.2) is 32.4 Å². The number of esters is 1. The molecule has 0 amide bonds. The first-order valence-corrected chi connectivity index (χ1v) is 6.60. The van der Waals surface area contributed by atoms with E-state index in [1.54, 1.807) is 0 Å². The smallest absolute Gasteiger partial charge is 0.315 e. The van der Waals surface area contributed by atoms with Gasteiger partial charge in [0.05, 0.1) is 12.8 Å². The summed E-state index contributed by atoms with van der Waals surface area (Å²) in [7, 11) is 0. The maximum Gasteiger partial charge on any atom is 0.315 e. The Bertz CT molecular complexity index is 752. The Labute approximate surface area is 131 Å². The molecule has 0 aliphatic rings. The van der Waals surface area contributed by atoms with Crippen molar-refractivity contribution >= 4 is 11.9 Å². The quantitative estimate of drug-likeness (QED) is 0.375. The Hall–Kier alpha value is -3.22. The number of carboxylic acids is 1. The molecule has 120 valence electrons. The Morgan fingerprint density at radius 1 is 0.870 bits per heavy atom. The third-order valence-electron chi connectivity index (χ3n) is 3.02. The van der Waals surface area contributed by atoms with Crippen molar-refractivity contribution in [2.45, 2.75) is 12.8 Å². The second kappa shape index (κ2) is 6.69. The highest BCUT2D eigenvalue weighted by atomic mass is 16.5. The van der Waals surface area contributed by atoms with Crippen molar-refractivity contribution in [3.05, 3.63) is 47.5 Å². The molecule has 0 aliphatic heterocycles. The molecule has 7 heteroatoms. The first-order valence-electron chi connectivity index (χ1n) is 6.60. The van der Waals surface area contributed by atoms with Gasteiger partial charge in [-0.3, -0.25) is 9.59 Å². The van der Waals surface area contributed by atoms with Gasteiger partial charge in [0.1, 0.15) is 23.0 Å². The summed E-state index contributed by atoms with van der Waals surface area (Å²) in [6, 6.07) is 7.58. The van der Waals surface area contributed by atoms with E-state index in [4.69, 9.17) is 9.84 Å². The molecule has 0 spiro atoms. The first kappa shape index (κ1) is 16.2. The molecule has 2 aromatic rings. The van der Waals surface area contributed by atoms with Crippen LogP contribution in [-0.2, 0) is 22.4 Å². The van der Waals surface area contributed by atoms with Crippen molar-refractivity contribution in [2.24, 2.45) is 0 Å². The topological polar surface area (TPSA) is 124 Å².